The van der Waals surface area contributed by atoms with Crippen molar-refractivity contribution in [2.45, 2.75) is 19.0 Å². The number of carbonyl (C=O) groups excluding carboxylic acids is 1. The largest absolute Gasteiger partial charge is 0.464 e. The Labute approximate surface area is 115 Å². The van der Waals surface area contributed by atoms with Gasteiger partial charge in [0.05, 0.1) is 24.1 Å². The standard InChI is InChI=1S/C14H15N3O3/c1-17(11-6-7-20-14(11)19)8-12-15-10-5-3-2-4-9(10)13(18)16-12/h2-5,11H,6-8H2,1H3,(H,15,16,18). The molecule has 0 aliphatic carbocycles. The Bertz CT molecular complexity index is 710. The van der Waals surface area contributed by atoms with Crippen molar-refractivity contribution >= 4 is 16.9 Å². The van der Waals surface area contributed by atoms with Gasteiger partial charge in [0.2, 0.25) is 0 Å². The number of rotatable bonds is 3. The van der Waals surface area contributed by atoms with Gasteiger partial charge in [-0.05, 0) is 19.2 Å². The van der Waals surface area contributed by atoms with Crippen molar-refractivity contribution in [2.75, 3.05) is 13.7 Å². The highest BCUT2D eigenvalue weighted by Crippen LogP contribution is 2.14. The first-order chi connectivity index (χ1) is 9.65. The van der Waals surface area contributed by atoms with Crippen LogP contribution in [0.4, 0.5) is 0 Å². The number of aromatic nitrogens is 2. The molecule has 0 amide bonds. The van der Waals surface area contributed by atoms with Gasteiger partial charge in [0.1, 0.15) is 11.9 Å². The first-order valence-electron chi connectivity index (χ1n) is 6.50. The van der Waals surface area contributed by atoms with E-state index in [2.05, 4.69) is 9.97 Å². The van der Waals surface area contributed by atoms with E-state index in [1.54, 1.807) is 18.2 Å². The van der Waals surface area contributed by atoms with Gasteiger partial charge in [-0.2, -0.15) is 0 Å². The molecule has 1 atom stereocenters. The Morgan fingerprint density at radius 1 is 1.40 bits per heavy atom. The van der Waals surface area contributed by atoms with Crippen molar-refractivity contribution in [3.05, 3.63) is 40.4 Å². The summed E-state index contributed by atoms with van der Waals surface area (Å²) in [5.41, 5.74) is 0.502. The van der Waals surface area contributed by atoms with Crippen LogP contribution in [0.15, 0.2) is 29.1 Å². The van der Waals surface area contributed by atoms with Gasteiger partial charge in [0.25, 0.3) is 5.56 Å². The number of ether oxygens (including phenoxy) is 1. The summed E-state index contributed by atoms with van der Waals surface area (Å²) in [4.78, 5) is 32.5. The van der Waals surface area contributed by atoms with Crippen molar-refractivity contribution in [3.8, 4) is 0 Å². The monoisotopic (exact) mass is 273 g/mol. The van der Waals surface area contributed by atoms with E-state index in [9.17, 15) is 9.59 Å². The van der Waals surface area contributed by atoms with Crippen molar-refractivity contribution in [3.63, 3.8) is 0 Å². The van der Waals surface area contributed by atoms with E-state index in [0.29, 0.717) is 36.3 Å². The Kier molecular flexibility index (Phi) is 3.23. The fourth-order valence-electron chi connectivity index (χ4n) is 2.44. The zero-order valence-electron chi connectivity index (χ0n) is 11.1. The average Bonchev–Trinajstić information content (AvgIpc) is 2.85. The first-order valence-corrected chi connectivity index (χ1v) is 6.50. The summed E-state index contributed by atoms with van der Waals surface area (Å²) in [6, 6.07) is 6.93. The third kappa shape index (κ3) is 2.30. The smallest absolute Gasteiger partial charge is 0.323 e. The minimum absolute atomic E-state index is 0.159. The van der Waals surface area contributed by atoms with Crippen LogP contribution >= 0.6 is 0 Å². The van der Waals surface area contributed by atoms with Gasteiger partial charge < -0.3 is 9.72 Å². The minimum atomic E-state index is -0.258. The van der Waals surface area contributed by atoms with Crippen molar-refractivity contribution in [1.82, 2.24) is 14.9 Å². The third-order valence-corrected chi connectivity index (χ3v) is 3.50. The zero-order valence-corrected chi connectivity index (χ0v) is 11.1. The number of nitrogens with one attached hydrogen (secondary N) is 1. The number of aromatic amines is 1. The summed E-state index contributed by atoms with van der Waals surface area (Å²) in [6.45, 7) is 0.856. The SMILES string of the molecule is CN(Cc1nc2ccccc2c(=O)[nH]1)C1CCOC1=O. The number of H-pyrrole nitrogens is 1. The molecule has 1 unspecified atom stereocenters. The van der Waals surface area contributed by atoms with Crippen LogP contribution < -0.4 is 5.56 Å². The maximum Gasteiger partial charge on any atom is 0.323 e. The number of carbonyl (C=O) groups is 1. The molecule has 1 aromatic carbocycles. The summed E-state index contributed by atoms with van der Waals surface area (Å²) >= 11 is 0. The number of para-hydroxylation sites is 1. The predicted octanol–water partition coefficient (Wildman–Crippen LogP) is 0.670. The molecule has 2 aromatic rings. The van der Waals surface area contributed by atoms with Crippen molar-refractivity contribution in [1.29, 1.82) is 0 Å². The van der Waals surface area contributed by atoms with Gasteiger partial charge in [-0.3, -0.25) is 14.5 Å². The summed E-state index contributed by atoms with van der Waals surface area (Å²) in [6.07, 6.45) is 0.674. The second kappa shape index (κ2) is 5.05. The fourth-order valence-corrected chi connectivity index (χ4v) is 2.44. The van der Waals surface area contributed by atoms with E-state index < -0.39 is 0 Å². The molecule has 1 N–H and O–H groups in total. The van der Waals surface area contributed by atoms with Crippen LogP contribution in [0.3, 0.4) is 0 Å². The molecule has 0 bridgehead atoms. The number of benzene rings is 1. The molecule has 1 aliphatic heterocycles. The number of likely N-dealkylation sites (N-methyl/N-ethyl adjacent to an activating group) is 1. The maximum absolute atomic E-state index is 12.0. The van der Waals surface area contributed by atoms with Crippen LogP contribution in [0.25, 0.3) is 10.9 Å². The van der Waals surface area contributed by atoms with Gasteiger partial charge in [-0.1, -0.05) is 12.1 Å². The average molecular weight is 273 g/mol. The Morgan fingerprint density at radius 3 is 2.95 bits per heavy atom. The topological polar surface area (TPSA) is 75.3 Å². The predicted molar refractivity (Wildman–Crippen MR) is 73.2 cm³/mol. The van der Waals surface area contributed by atoms with Crippen LogP contribution in [0.1, 0.15) is 12.2 Å². The summed E-state index contributed by atoms with van der Waals surface area (Å²) in [5.74, 6) is 0.339. The molecule has 2 heterocycles. The van der Waals surface area contributed by atoms with Gasteiger partial charge in [0, 0.05) is 6.42 Å². The van der Waals surface area contributed by atoms with Crippen LogP contribution in [-0.2, 0) is 16.1 Å². The van der Waals surface area contributed by atoms with Gasteiger partial charge in [0.15, 0.2) is 0 Å². The zero-order chi connectivity index (χ0) is 14.1. The molecule has 20 heavy (non-hydrogen) atoms. The van der Waals surface area contributed by atoms with E-state index in [4.69, 9.17) is 4.74 Å². The van der Waals surface area contributed by atoms with Gasteiger partial charge in [-0.25, -0.2) is 4.98 Å². The highest BCUT2D eigenvalue weighted by atomic mass is 16.5. The number of hydrogen-bond donors (Lipinski definition) is 1. The molecule has 1 saturated heterocycles. The normalized spacial score (nSPS) is 18.7. The molecular formula is C14H15N3O3. The lowest BCUT2D eigenvalue weighted by Gasteiger charge is -2.20. The van der Waals surface area contributed by atoms with Gasteiger partial charge in [-0.15, -0.1) is 0 Å². The molecule has 1 aromatic heterocycles. The van der Waals surface area contributed by atoms with Gasteiger partial charge >= 0.3 is 5.97 Å². The maximum atomic E-state index is 12.0. The highest BCUT2D eigenvalue weighted by Gasteiger charge is 2.30. The molecule has 1 aliphatic rings. The van der Waals surface area contributed by atoms with Crippen LogP contribution in [-0.4, -0.2) is 40.5 Å². The number of esters is 1. The van der Waals surface area contributed by atoms with E-state index in [1.165, 1.54) is 0 Å². The second-order valence-corrected chi connectivity index (χ2v) is 4.92. The quantitative estimate of drug-likeness (QED) is 0.832. The van der Waals surface area contributed by atoms with Crippen LogP contribution in [0.2, 0.25) is 0 Å². The Hall–Kier alpha value is -2.21. The Morgan fingerprint density at radius 2 is 2.20 bits per heavy atom. The molecule has 6 heteroatoms. The Balaban J connectivity index is 1.87. The number of cyclic esters (lactones) is 1. The molecule has 104 valence electrons. The summed E-state index contributed by atoms with van der Waals surface area (Å²) < 4.78 is 4.95. The van der Waals surface area contributed by atoms with E-state index in [0.717, 1.165) is 0 Å². The highest BCUT2D eigenvalue weighted by molar-refractivity contribution is 5.78. The lowest BCUT2D eigenvalue weighted by molar-refractivity contribution is -0.142. The lowest BCUT2D eigenvalue weighted by Crippen LogP contribution is -2.35. The third-order valence-electron chi connectivity index (χ3n) is 3.50. The molecular weight excluding hydrogens is 258 g/mol. The number of fused-ring (bicyclic) bond motifs is 1. The summed E-state index contributed by atoms with van der Waals surface area (Å²) in [7, 11) is 1.83. The van der Waals surface area contributed by atoms with E-state index in [-0.39, 0.29) is 17.6 Å². The van der Waals surface area contributed by atoms with Crippen molar-refractivity contribution < 1.29 is 9.53 Å². The minimum Gasteiger partial charge on any atom is -0.464 e. The van der Waals surface area contributed by atoms with E-state index >= 15 is 0 Å². The molecule has 0 radical (unpaired) electrons. The molecule has 0 saturated carbocycles. The fraction of sp³-hybridized carbons (Fsp3) is 0.357. The van der Waals surface area contributed by atoms with Crippen LogP contribution in [0.5, 0.6) is 0 Å². The molecule has 0 spiro atoms. The first kappa shape index (κ1) is 12.8. The van der Waals surface area contributed by atoms with E-state index in [1.807, 2.05) is 18.0 Å². The number of hydrogen-bond acceptors (Lipinski definition) is 5. The van der Waals surface area contributed by atoms with Crippen LogP contribution in [0, 0.1) is 0 Å². The van der Waals surface area contributed by atoms with Crippen molar-refractivity contribution in [2.24, 2.45) is 0 Å². The number of nitrogens with zero attached hydrogens (tertiary/aromatic N) is 2. The molecule has 3 rings (SSSR count). The second-order valence-electron chi connectivity index (χ2n) is 4.92. The lowest BCUT2D eigenvalue weighted by atomic mass is 10.2. The summed E-state index contributed by atoms with van der Waals surface area (Å²) in [5, 5.41) is 0.569. The molecule has 6 nitrogen and oxygen atoms in total. The molecule has 1 fully saturated rings.